The van der Waals surface area contributed by atoms with Gasteiger partial charge in [0, 0.05) is 21.7 Å². The molecule has 134 valence electrons. The Labute approximate surface area is 159 Å². The van der Waals surface area contributed by atoms with Gasteiger partial charge < -0.3 is 4.74 Å². The molecule has 5 nitrogen and oxygen atoms in total. The van der Waals surface area contributed by atoms with Crippen LogP contribution in [-0.4, -0.2) is 15.4 Å². The molecule has 0 N–H and O–H groups in total. The summed E-state index contributed by atoms with van der Waals surface area (Å²) in [5.74, 6) is -0.361. The van der Waals surface area contributed by atoms with Crippen molar-refractivity contribution in [2.45, 2.75) is 38.7 Å². The number of hydrogen-bond donors (Lipinski definition) is 0. The van der Waals surface area contributed by atoms with Crippen molar-refractivity contribution in [2.75, 3.05) is 0 Å². The highest BCUT2D eigenvalue weighted by Crippen LogP contribution is 2.28. The second-order valence-corrected chi connectivity index (χ2v) is 7.85. The minimum absolute atomic E-state index is 0.000724. The number of esters is 1. The number of carbonyl (C=O) groups is 1. The van der Waals surface area contributed by atoms with E-state index in [1.807, 2.05) is 0 Å². The lowest BCUT2D eigenvalue weighted by molar-refractivity contribution is -0.144. The number of nitrogens with zero attached hydrogens (tertiary/aromatic N) is 2. The predicted molar refractivity (Wildman–Crippen MR) is 101 cm³/mol. The molecule has 1 aromatic carbocycles. The molecule has 0 atom stereocenters. The molecule has 0 radical (unpaired) electrons. The Balaban J connectivity index is 1.48. The highest BCUT2D eigenvalue weighted by atomic mass is 35.5. The smallest absolute Gasteiger partial charge is 0.310 e. The van der Waals surface area contributed by atoms with Gasteiger partial charge in [-0.25, -0.2) is 4.98 Å². The van der Waals surface area contributed by atoms with E-state index in [2.05, 4.69) is 4.98 Å². The molecule has 0 amide bonds. The van der Waals surface area contributed by atoms with Crippen LogP contribution < -0.4 is 5.56 Å². The second-order valence-electron chi connectivity index (χ2n) is 6.35. The number of halogens is 1. The van der Waals surface area contributed by atoms with E-state index in [-0.39, 0.29) is 24.6 Å². The van der Waals surface area contributed by atoms with Crippen LogP contribution in [0.15, 0.2) is 35.1 Å². The Hall–Kier alpha value is -2.18. The fourth-order valence-electron chi connectivity index (χ4n) is 3.19. The Bertz CT molecular complexity index is 1020. The van der Waals surface area contributed by atoms with Crippen LogP contribution in [0.4, 0.5) is 0 Å². The molecule has 2 heterocycles. The van der Waals surface area contributed by atoms with Crippen molar-refractivity contribution in [3.05, 3.63) is 67.5 Å². The van der Waals surface area contributed by atoms with Gasteiger partial charge in [0.2, 0.25) is 0 Å². The summed E-state index contributed by atoms with van der Waals surface area (Å²) < 4.78 is 7.00. The van der Waals surface area contributed by atoms with Crippen molar-refractivity contribution < 1.29 is 9.53 Å². The lowest BCUT2D eigenvalue weighted by Gasteiger charge is -2.10. The number of fused-ring (bicyclic) bond motifs is 3. The highest BCUT2D eigenvalue weighted by molar-refractivity contribution is 7.17. The Morgan fingerprint density at radius 1 is 1.23 bits per heavy atom. The first-order chi connectivity index (χ1) is 12.6. The summed E-state index contributed by atoms with van der Waals surface area (Å²) >= 11 is 7.40. The van der Waals surface area contributed by atoms with Crippen LogP contribution in [0, 0.1) is 0 Å². The summed E-state index contributed by atoms with van der Waals surface area (Å²) in [6.45, 7) is 0.000724. The topological polar surface area (TPSA) is 60.7 Å². The first-order valence-corrected chi connectivity index (χ1v) is 9.73. The molecule has 0 aliphatic heterocycles. The highest BCUT2D eigenvalue weighted by Gasteiger charge is 2.18. The van der Waals surface area contributed by atoms with Crippen molar-refractivity contribution in [2.24, 2.45) is 0 Å². The van der Waals surface area contributed by atoms with Gasteiger partial charge in [-0.1, -0.05) is 23.7 Å². The molecule has 0 bridgehead atoms. The first-order valence-electron chi connectivity index (χ1n) is 8.53. The average Bonchev–Trinajstić information content (AvgIpc) is 3.01. The van der Waals surface area contributed by atoms with E-state index in [0.29, 0.717) is 15.7 Å². The third-order valence-electron chi connectivity index (χ3n) is 4.46. The molecular formula is C19H17ClN2O3S. The number of aromatic nitrogens is 2. The molecule has 0 spiro atoms. The van der Waals surface area contributed by atoms with Crippen LogP contribution in [0.2, 0.25) is 5.02 Å². The number of hydrogen-bond acceptors (Lipinski definition) is 5. The molecular weight excluding hydrogens is 372 g/mol. The summed E-state index contributed by atoms with van der Waals surface area (Å²) in [4.78, 5) is 30.9. The van der Waals surface area contributed by atoms with Gasteiger partial charge in [0.05, 0.1) is 12.1 Å². The van der Waals surface area contributed by atoms with Crippen LogP contribution in [0.3, 0.4) is 0 Å². The van der Waals surface area contributed by atoms with Gasteiger partial charge in [-0.3, -0.25) is 14.0 Å². The van der Waals surface area contributed by atoms with Crippen LogP contribution in [0.5, 0.6) is 0 Å². The quantitative estimate of drug-likeness (QED) is 0.641. The van der Waals surface area contributed by atoms with Crippen LogP contribution >= 0.6 is 22.9 Å². The summed E-state index contributed by atoms with van der Waals surface area (Å²) in [6, 6.07) is 8.51. The van der Waals surface area contributed by atoms with Crippen molar-refractivity contribution >= 4 is 33.9 Å². The number of carbonyl (C=O) groups excluding carboxylic acids is 1. The third-order valence-corrected chi connectivity index (χ3v) is 5.85. The lowest BCUT2D eigenvalue weighted by Crippen LogP contribution is -2.19. The van der Waals surface area contributed by atoms with Gasteiger partial charge in [0.1, 0.15) is 6.61 Å². The van der Waals surface area contributed by atoms with Crippen LogP contribution in [-0.2, 0) is 35.4 Å². The molecule has 3 aromatic rings. The maximum atomic E-state index is 12.5. The molecule has 1 aliphatic carbocycles. The monoisotopic (exact) mass is 388 g/mol. The molecule has 0 fully saturated rings. The number of ether oxygens (including phenoxy) is 1. The van der Waals surface area contributed by atoms with E-state index in [1.54, 1.807) is 40.0 Å². The van der Waals surface area contributed by atoms with Crippen molar-refractivity contribution in [3.8, 4) is 0 Å². The number of thiazole rings is 1. The van der Waals surface area contributed by atoms with Crippen molar-refractivity contribution in [1.82, 2.24) is 9.38 Å². The molecule has 26 heavy (non-hydrogen) atoms. The molecule has 0 saturated heterocycles. The third kappa shape index (κ3) is 3.52. The molecule has 7 heteroatoms. The van der Waals surface area contributed by atoms with Crippen molar-refractivity contribution in [3.63, 3.8) is 0 Å². The molecule has 1 aliphatic rings. The molecule has 4 rings (SSSR count). The van der Waals surface area contributed by atoms with Gasteiger partial charge in [-0.15, -0.1) is 11.3 Å². The summed E-state index contributed by atoms with van der Waals surface area (Å²) in [6.07, 6.45) is 4.35. The number of aryl methyl sites for hydroxylation is 2. The summed E-state index contributed by atoms with van der Waals surface area (Å²) in [5, 5.41) is 0.624. The summed E-state index contributed by atoms with van der Waals surface area (Å²) in [5.41, 5.74) is 2.31. The van der Waals surface area contributed by atoms with E-state index in [1.165, 1.54) is 10.9 Å². The average molecular weight is 389 g/mol. The Kier molecular flexibility index (Phi) is 4.78. The van der Waals surface area contributed by atoms with Gasteiger partial charge in [0.15, 0.2) is 4.96 Å². The molecule has 2 aromatic heterocycles. The van der Waals surface area contributed by atoms with Crippen molar-refractivity contribution in [1.29, 1.82) is 0 Å². The van der Waals surface area contributed by atoms with Gasteiger partial charge >= 0.3 is 5.97 Å². The normalized spacial score (nSPS) is 13.6. The van der Waals surface area contributed by atoms with E-state index >= 15 is 0 Å². The second kappa shape index (κ2) is 7.21. The lowest BCUT2D eigenvalue weighted by atomic mass is 10.0. The molecule has 0 unspecified atom stereocenters. The fraction of sp³-hybridized carbons (Fsp3) is 0.316. The fourth-order valence-corrected chi connectivity index (χ4v) is 4.55. The number of benzene rings is 1. The van der Waals surface area contributed by atoms with Gasteiger partial charge in [-0.05, 0) is 43.4 Å². The van der Waals surface area contributed by atoms with Gasteiger partial charge in [-0.2, -0.15) is 0 Å². The van der Waals surface area contributed by atoms with E-state index < -0.39 is 0 Å². The van der Waals surface area contributed by atoms with Crippen LogP contribution in [0.25, 0.3) is 4.96 Å². The molecule has 0 saturated carbocycles. The number of rotatable bonds is 4. The Morgan fingerprint density at radius 3 is 2.81 bits per heavy atom. The van der Waals surface area contributed by atoms with E-state index in [4.69, 9.17) is 16.3 Å². The minimum atomic E-state index is -0.361. The minimum Gasteiger partial charge on any atom is -0.459 e. The maximum absolute atomic E-state index is 12.5. The first kappa shape index (κ1) is 17.2. The Morgan fingerprint density at radius 2 is 2.00 bits per heavy atom. The zero-order valence-electron chi connectivity index (χ0n) is 14.0. The largest absolute Gasteiger partial charge is 0.459 e. The maximum Gasteiger partial charge on any atom is 0.310 e. The SMILES string of the molecule is O=C(Cc1ccc(Cl)cc1)OCc1cc(=O)n2c3c(sc2n1)CCCC3. The predicted octanol–water partition coefficient (Wildman–Crippen LogP) is 3.57. The standard InChI is InChI=1S/C19H17ClN2O3S/c20-13-7-5-12(6-8-13)9-18(24)25-11-14-10-17(23)22-15-3-1-2-4-16(15)26-19(22)21-14/h5-8,10H,1-4,9,11H2. The van der Waals surface area contributed by atoms with Crippen LogP contribution in [0.1, 0.15) is 34.7 Å². The van der Waals surface area contributed by atoms with Gasteiger partial charge in [0.25, 0.3) is 5.56 Å². The van der Waals surface area contributed by atoms with E-state index in [0.717, 1.165) is 36.9 Å². The zero-order valence-corrected chi connectivity index (χ0v) is 15.6. The summed E-state index contributed by atoms with van der Waals surface area (Å²) in [7, 11) is 0. The zero-order chi connectivity index (χ0) is 18.1. The van der Waals surface area contributed by atoms with E-state index in [9.17, 15) is 9.59 Å².